The minimum absolute atomic E-state index is 0.110. The quantitative estimate of drug-likeness (QED) is 0.873. The lowest BCUT2D eigenvalue weighted by molar-refractivity contribution is 0.102. The first-order chi connectivity index (χ1) is 11.7. The van der Waals surface area contributed by atoms with Crippen molar-refractivity contribution in [2.75, 3.05) is 25.6 Å². The first kappa shape index (κ1) is 17.1. The van der Waals surface area contributed by atoms with Gasteiger partial charge in [0, 0.05) is 36.3 Å². The molecule has 5 nitrogen and oxygen atoms in total. The SMILES string of the molecule is COC[C@H]1CCCN1Cc1cccc(C(=O)Nc2ncc(C)s2)c1. The molecule has 6 heteroatoms. The third kappa shape index (κ3) is 4.20. The van der Waals surface area contributed by atoms with E-state index in [9.17, 15) is 4.79 Å². The number of ether oxygens (including phenoxy) is 1. The molecule has 1 aliphatic heterocycles. The van der Waals surface area contributed by atoms with Gasteiger partial charge in [-0.2, -0.15) is 0 Å². The minimum Gasteiger partial charge on any atom is -0.383 e. The van der Waals surface area contributed by atoms with Crippen LogP contribution in [0.3, 0.4) is 0 Å². The zero-order valence-corrected chi connectivity index (χ0v) is 14.9. The molecular formula is C18H23N3O2S. The van der Waals surface area contributed by atoms with Gasteiger partial charge in [-0.3, -0.25) is 15.0 Å². The van der Waals surface area contributed by atoms with Gasteiger partial charge in [0.2, 0.25) is 0 Å². The third-order valence-corrected chi connectivity index (χ3v) is 5.10. The van der Waals surface area contributed by atoms with Gasteiger partial charge in [0.25, 0.3) is 5.91 Å². The first-order valence-corrected chi connectivity index (χ1v) is 9.03. The predicted molar refractivity (Wildman–Crippen MR) is 96.6 cm³/mol. The number of carbonyl (C=O) groups excluding carboxylic acids is 1. The molecule has 1 N–H and O–H groups in total. The van der Waals surface area contributed by atoms with E-state index in [1.54, 1.807) is 13.3 Å². The Hall–Kier alpha value is -1.76. The van der Waals surface area contributed by atoms with Crippen LogP contribution in [0.2, 0.25) is 0 Å². The van der Waals surface area contributed by atoms with Gasteiger partial charge in [0.15, 0.2) is 5.13 Å². The van der Waals surface area contributed by atoms with Crippen molar-refractivity contribution < 1.29 is 9.53 Å². The molecule has 24 heavy (non-hydrogen) atoms. The number of aryl methyl sites for hydroxylation is 1. The maximum absolute atomic E-state index is 12.4. The summed E-state index contributed by atoms with van der Waals surface area (Å²) in [5, 5.41) is 3.51. The first-order valence-electron chi connectivity index (χ1n) is 8.21. The number of amides is 1. The summed E-state index contributed by atoms with van der Waals surface area (Å²) in [4.78, 5) is 20.1. The second-order valence-corrected chi connectivity index (χ2v) is 7.39. The van der Waals surface area contributed by atoms with Gasteiger partial charge < -0.3 is 4.74 Å². The normalized spacial score (nSPS) is 18.0. The third-order valence-electron chi connectivity index (χ3n) is 4.27. The Balaban J connectivity index is 1.66. The Morgan fingerprint density at radius 3 is 3.12 bits per heavy atom. The number of hydrogen-bond acceptors (Lipinski definition) is 5. The van der Waals surface area contributed by atoms with Gasteiger partial charge in [-0.1, -0.05) is 12.1 Å². The van der Waals surface area contributed by atoms with Crippen molar-refractivity contribution >= 4 is 22.4 Å². The number of anilines is 1. The molecule has 2 aromatic rings. The molecule has 0 spiro atoms. The van der Waals surface area contributed by atoms with Crippen LogP contribution in [0.15, 0.2) is 30.5 Å². The standard InChI is InChI=1S/C18H23N3O2S/c1-13-10-19-18(24-13)20-17(22)15-6-3-5-14(9-15)11-21-8-4-7-16(21)12-23-2/h3,5-6,9-10,16H,4,7-8,11-12H2,1-2H3,(H,19,20,22)/t16-/m1/s1. The summed E-state index contributed by atoms with van der Waals surface area (Å²) in [5.74, 6) is -0.110. The maximum atomic E-state index is 12.4. The van der Waals surface area contributed by atoms with Crippen LogP contribution in [0.1, 0.15) is 33.6 Å². The lowest BCUT2D eigenvalue weighted by Crippen LogP contribution is -2.32. The van der Waals surface area contributed by atoms with Crippen molar-refractivity contribution in [2.24, 2.45) is 0 Å². The maximum Gasteiger partial charge on any atom is 0.257 e. The number of carbonyl (C=O) groups is 1. The van der Waals surface area contributed by atoms with Gasteiger partial charge >= 0.3 is 0 Å². The van der Waals surface area contributed by atoms with E-state index >= 15 is 0 Å². The number of hydrogen-bond donors (Lipinski definition) is 1. The fourth-order valence-electron chi connectivity index (χ4n) is 3.11. The summed E-state index contributed by atoms with van der Waals surface area (Å²) < 4.78 is 5.31. The fraction of sp³-hybridized carbons (Fsp3) is 0.444. The van der Waals surface area contributed by atoms with Gasteiger partial charge in [0.1, 0.15) is 0 Å². The Labute approximate surface area is 146 Å². The molecule has 1 fully saturated rings. The molecule has 0 aliphatic carbocycles. The zero-order chi connectivity index (χ0) is 16.9. The van der Waals surface area contributed by atoms with Crippen molar-refractivity contribution in [3.63, 3.8) is 0 Å². The van der Waals surface area contributed by atoms with E-state index in [1.165, 1.54) is 24.2 Å². The van der Waals surface area contributed by atoms with Crippen molar-refractivity contribution in [1.82, 2.24) is 9.88 Å². The smallest absolute Gasteiger partial charge is 0.257 e. The molecule has 1 aliphatic rings. The van der Waals surface area contributed by atoms with E-state index in [1.807, 2.05) is 25.1 Å². The lowest BCUT2D eigenvalue weighted by Gasteiger charge is -2.24. The van der Waals surface area contributed by atoms with E-state index in [4.69, 9.17) is 4.74 Å². The molecule has 1 atom stereocenters. The van der Waals surface area contributed by atoms with Gasteiger partial charge in [0.05, 0.1) is 6.61 Å². The molecule has 2 heterocycles. The van der Waals surface area contributed by atoms with Crippen LogP contribution < -0.4 is 5.32 Å². The second-order valence-electron chi connectivity index (χ2n) is 6.15. The second kappa shape index (κ2) is 7.88. The molecule has 0 saturated carbocycles. The average molecular weight is 345 g/mol. The molecule has 1 amide bonds. The number of nitrogens with one attached hydrogen (secondary N) is 1. The number of thiazole rings is 1. The Bertz CT molecular complexity index is 701. The van der Waals surface area contributed by atoms with Crippen LogP contribution in [-0.2, 0) is 11.3 Å². The molecule has 1 aromatic heterocycles. The van der Waals surface area contributed by atoms with E-state index in [0.717, 1.165) is 30.1 Å². The molecule has 1 aromatic carbocycles. The highest BCUT2D eigenvalue weighted by molar-refractivity contribution is 7.15. The van der Waals surface area contributed by atoms with Crippen LogP contribution in [0.5, 0.6) is 0 Å². The van der Waals surface area contributed by atoms with Crippen molar-refractivity contribution in [3.8, 4) is 0 Å². The Kier molecular flexibility index (Phi) is 5.60. The fourth-order valence-corrected chi connectivity index (χ4v) is 3.77. The Morgan fingerprint density at radius 2 is 2.38 bits per heavy atom. The van der Waals surface area contributed by atoms with Crippen LogP contribution in [-0.4, -0.2) is 42.1 Å². The zero-order valence-electron chi connectivity index (χ0n) is 14.1. The highest BCUT2D eigenvalue weighted by Gasteiger charge is 2.24. The molecule has 0 radical (unpaired) electrons. The Morgan fingerprint density at radius 1 is 1.50 bits per heavy atom. The van der Waals surface area contributed by atoms with Crippen LogP contribution >= 0.6 is 11.3 Å². The van der Waals surface area contributed by atoms with Crippen molar-refractivity contribution in [1.29, 1.82) is 0 Å². The minimum atomic E-state index is -0.110. The van der Waals surface area contributed by atoms with Crippen molar-refractivity contribution in [2.45, 2.75) is 32.4 Å². The van der Waals surface area contributed by atoms with Crippen molar-refractivity contribution in [3.05, 3.63) is 46.5 Å². The number of methoxy groups -OCH3 is 1. The molecule has 1 saturated heterocycles. The largest absolute Gasteiger partial charge is 0.383 e. The summed E-state index contributed by atoms with van der Waals surface area (Å²) in [6.07, 6.45) is 4.15. The monoisotopic (exact) mass is 345 g/mol. The molecule has 0 bridgehead atoms. The van der Waals surface area contributed by atoms with E-state index in [2.05, 4.69) is 21.3 Å². The molecular weight excluding hydrogens is 322 g/mol. The average Bonchev–Trinajstić information content (AvgIpc) is 3.17. The van der Waals surface area contributed by atoms with Gasteiger partial charge in [-0.05, 0) is 44.0 Å². The summed E-state index contributed by atoms with van der Waals surface area (Å²) in [5.41, 5.74) is 1.82. The number of likely N-dealkylation sites (tertiary alicyclic amines) is 1. The summed E-state index contributed by atoms with van der Waals surface area (Å²) in [7, 11) is 1.75. The van der Waals surface area contributed by atoms with Crippen LogP contribution in [0, 0.1) is 6.92 Å². The molecule has 128 valence electrons. The van der Waals surface area contributed by atoms with Gasteiger partial charge in [-0.25, -0.2) is 4.98 Å². The number of benzene rings is 1. The number of nitrogens with zero attached hydrogens (tertiary/aromatic N) is 2. The summed E-state index contributed by atoms with van der Waals surface area (Å²) in [6, 6.07) is 8.31. The van der Waals surface area contributed by atoms with Crippen LogP contribution in [0.4, 0.5) is 5.13 Å². The van der Waals surface area contributed by atoms with E-state index in [-0.39, 0.29) is 5.91 Å². The van der Waals surface area contributed by atoms with Gasteiger partial charge in [-0.15, -0.1) is 11.3 Å². The summed E-state index contributed by atoms with van der Waals surface area (Å²) >= 11 is 1.48. The highest BCUT2D eigenvalue weighted by Crippen LogP contribution is 2.21. The predicted octanol–water partition coefficient (Wildman–Crippen LogP) is 3.31. The topological polar surface area (TPSA) is 54.5 Å². The summed E-state index contributed by atoms with van der Waals surface area (Å²) in [6.45, 7) is 4.68. The molecule has 0 unspecified atom stereocenters. The van der Waals surface area contributed by atoms with E-state index in [0.29, 0.717) is 16.7 Å². The highest BCUT2D eigenvalue weighted by atomic mass is 32.1. The number of aromatic nitrogens is 1. The van der Waals surface area contributed by atoms with E-state index < -0.39 is 0 Å². The number of rotatable bonds is 6. The molecule has 3 rings (SSSR count). The van der Waals surface area contributed by atoms with Crippen LogP contribution in [0.25, 0.3) is 0 Å². The lowest BCUT2D eigenvalue weighted by atomic mass is 10.1.